The number of nitrogen functional groups attached to an aromatic ring is 1. The maximum atomic E-state index is 13.2. The minimum atomic E-state index is -3.93. The SMILES string of the molecule is C=C1[C@H](CO[P@]2(=O)OCC[C@H](c3cc(Cl)cc(Cl)c3)O2)[C@@H](O)C[C@@H]1n1cnc2c(=O)[nH]c(N)nc21. The number of fused-ring (bicyclic) bond motifs is 1. The van der Waals surface area contributed by atoms with Crippen LogP contribution in [-0.2, 0) is 18.1 Å². The predicted octanol–water partition coefficient (Wildman–Crippen LogP) is 3.79. The van der Waals surface area contributed by atoms with Gasteiger partial charge in [-0.3, -0.25) is 23.3 Å². The van der Waals surface area contributed by atoms with Crippen molar-refractivity contribution >= 4 is 48.1 Å². The van der Waals surface area contributed by atoms with E-state index in [1.807, 2.05) is 0 Å². The molecule has 0 radical (unpaired) electrons. The Morgan fingerprint density at radius 2 is 2.09 bits per heavy atom. The molecule has 11 nitrogen and oxygen atoms in total. The molecule has 5 atom stereocenters. The number of rotatable bonds is 5. The van der Waals surface area contributed by atoms with Crippen molar-refractivity contribution in [1.29, 1.82) is 0 Å². The maximum absolute atomic E-state index is 13.2. The molecule has 1 saturated heterocycles. The summed E-state index contributed by atoms with van der Waals surface area (Å²) in [6, 6.07) is 4.53. The van der Waals surface area contributed by atoms with Crippen LogP contribution < -0.4 is 11.3 Å². The number of anilines is 1. The number of nitrogens with one attached hydrogen (secondary N) is 1. The molecule has 14 heteroatoms. The number of hydrogen-bond donors (Lipinski definition) is 3. The van der Waals surface area contributed by atoms with Crippen LogP contribution in [0, 0.1) is 5.92 Å². The van der Waals surface area contributed by atoms with Gasteiger partial charge in [0.2, 0.25) is 5.95 Å². The molecular formula is C21H22Cl2N5O6P. The third kappa shape index (κ3) is 4.77. The number of benzene rings is 1. The Bertz CT molecular complexity index is 1390. The van der Waals surface area contributed by atoms with Gasteiger partial charge in [-0.05, 0) is 35.8 Å². The Labute approximate surface area is 209 Å². The van der Waals surface area contributed by atoms with Gasteiger partial charge >= 0.3 is 7.82 Å². The largest absolute Gasteiger partial charge is 0.475 e. The molecule has 1 aromatic carbocycles. The molecule has 1 saturated carbocycles. The van der Waals surface area contributed by atoms with Crippen LogP contribution >= 0.6 is 31.0 Å². The van der Waals surface area contributed by atoms with Crippen LogP contribution in [0.1, 0.15) is 30.6 Å². The first-order chi connectivity index (χ1) is 16.6. The topological polar surface area (TPSA) is 155 Å². The third-order valence-corrected chi connectivity index (χ3v) is 8.09. The van der Waals surface area contributed by atoms with E-state index < -0.39 is 37.5 Å². The van der Waals surface area contributed by atoms with Crippen LogP contribution in [0.25, 0.3) is 11.2 Å². The first kappa shape index (κ1) is 24.5. The summed E-state index contributed by atoms with van der Waals surface area (Å²) in [6.07, 6.45) is 0.718. The van der Waals surface area contributed by atoms with Crippen LogP contribution in [0.2, 0.25) is 10.0 Å². The van der Waals surface area contributed by atoms with Crippen molar-refractivity contribution in [2.75, 3.05) is 18.9 Å². The summed E-state index contributed by atoms with van der Waals surface area (Å²) < 4.78 is 31.5. The monoisotopic (exact) mass is 541 g/mol. The first-order valence-electron chi connectivity index (χ1n) is 10.8. The molecule has 35 heavy (non-hydrogen) atoms. The lowest BCUT2D eigenvalue weighted by Crippen LogP contribution is -2.22. The van der Waals surface area contributed by atoms with E-state index in [2.05, 4.69) is 21.5 Å². The highest BCUT2D eigenvalue weighted by atomic mass is 35.5. The van der Waals surface area contributed by atoms with Gasteiger partial charge in [-0.15, -0.1) is 0 Å². The lowest BCUT2D eigenvalue weighted by molar-refractivity contribution is 0.0166. The Hall–Kier alpha value is -2.24. The number of halogens is 2. The Morgan fingerprint density at radius 3 is 2.83 bits per heavy atom. The number of phosphoric ester groups is 1. The van der Waals surface area contributed by atoms with E-state index in [0.717, 1.165) is 0 Å². The number of aromatic amines is 1. The van der Waals surface area contributed by atoms with Crippen LogP contribution in [0.3, 0.4) is 0 Å². The second-order valence-electron chi connectivity index (χ2n) is 8.44. The van der Waals surface area contributed by atoms with Crippen molar-refractivity contribution in [2.45, 2.75) is 31.1 Å². The van der Waals surface area contributed by atoms with Crippen molar-refractivity contribution in [2.24, 2.45) is 5.92 Å². The van der Waals surface area contributed by atoms with Crippen LogP contribution in [0.4, 0.5) is 5.95 Å². The quantitative estimate of drug-likeness (QED) is 0.323. The van der Waals surface area contributed by atoms with E-state index in [0.29, 0.717) is 27.6 Å². The highest BCUT2D eigenvalue weighted by Gasteiger charge is 2.42. The van der Waals surface area contributed by atoms with Gasteiger partial charge in [0.1, 0.15) is 0 Å². The molecule has 3 aromatic rings. The van der Waals surface area contributed by atoms with E-state index >= 15 is 0 Å². The Balaban J connectivity index is 1.31. The van der Waals surface area contributed by atoms with Gasteiger partial charge in [-0.2, -0.15) is 4.98 Å². The summed E-state index contributed by atoms with van der Waals surface area (Å²) >= 11 is 12.2. The summed E-state index contributed by atoms with van der Waals surface area (Å²) in [6.45, 7) is 4.10. The fraction of sp³-hybridized carbons (Fsp3) is 0.381. The molecule has 0 amide bonds. The summed E-state index contributed by atoms with van der Waals surface area (Å²) in [5, 5.41) is 11.6. The van der Waals surface area contributed by atoms with Gasteiger partial charge in [0.05, 0.1) is 37.8 Å². The molecule has 4 N–H and O–H groups in total. The van der Waals surface area contributed by atoms with E-state index in [-0.39, 0.29) is 36.7 Å². The molecule has 1 aliphatic carbocycles. The number of nitrogens with two attached hydrogens (primary N) is 1. The average Bonchev–Trinajstić information content (AvgIpc) is 3.32. The van der Waals surface area contributed by atoms with Crippen molar-refractivity contribution in [3.8, 4) is 0 Å². The number of hydrogen-bond acceptors (Lipinski definition) is 9. The molecule has 5 rings (SSSR count). The number of nitrogens with zero attached hydrogens (tertiary/aromatic N) is 3. The Kier molecular flexibility index (Phi) is 6.52. The van der Waals surface area contributed by atoms with Gasteiger partial charge in [0, 0.05) is 22.4 Å². The smallest absolute Gasteiger partial charge is 0.392 e. The number of aliphatic hydroxyl groups is 1. The van der Waals surface area contributed by atoms with Crippen LogP contribution in [0.15, 0.2) is 41.5 Å². The average molecular weight is 542 g/mol. The summed E-state index contributed by atoms with van der Waals surface area (Å²) in [5.74, 6) is -0.621. The zero-order valence-electron chi connectivity index (χ0n) is 18.3. The molecule has 0 bridgehead atoms. The lowest BCUT2D eigenvalue weighted by atomic mass is 10.0. The van der Waals surface area contributed by atoms with Crippen molar-refractivity contribution < 1.29 is 23.2 Å². The van der Waals surface area contributed by atoms with Gasteiger partial charge in [-0.25, -0.2) is 9.55 Å². The van der Waals surface area contributed by atoms with E-state index in [1.165, 1.54) is 6.33 Å². The van der Waals surface area contributed by atoms with Crippen LogP contribution in [0.5, 0.6) is 0 Å². The predicted molar refractivity (Wildman–Crippen MR) is 129 cm³/mol. The normalized spacial score (nSPS) is 29.2. The molecule has 2 fully saturated rings. The zero-order chi connectivity index (χ0) is 24.9. The molecule has 0 unspecified atom stereocenters. The number of imidazole rings is 1. The second-order valence-corrected chi connectivity index (χ2v) is 10.9. The highest BCUT2D eigenvalue weighted by molar-refractivity contribution is 7.48. The highest BCUT2D eigenvalue weighted by Crippen LogP contribution is 2.58. The van der Waals surface area contributed by atoms with Crippen molar-refractivity contribution in [1.82, 2.24) is 19.5 Å². The van der Waals surface area contributed by atoms with E-state index in [1.54, 1.807) is 22.8 Å². The molecule has 2 aliphatic rings. The van der Waals surface area contributed by atoms with E-state index in [9.17, 15) is 14.5 Å². The fourth-order valence-electron chi connectivity index (χ4n) is 4.46. The molecule has 0 spiro atoms. The molecule has 3 heterocycles. The van der Waals surface area contributed by atoms with E-state index in [4.69, 9.17) is 42.5 Å². The van der Waals surface area contributed by atoms with Gasteiger partial charge < -0.3 is 15.4 Å². The number of aliphatic hydroxyl groups excluding tert-OH is 1. The zero-order valence-corrected chi connectivity index (χ0v) is 20.7. The minimum absolute atomic E-state index is 0.0477. The maximum Gasteiger partial charge on any atom is 0.475 e. The van der Waals surface area contributed by atoms with Gasteiger partial charge in [0.25, 0.3) is 5.56 Å². The number of aromatic nitrogens is 4. The van der Waals surface area contributed by atoms with Gasteiger partial charge in [0.15, 0.2) is 11.2 Å². The summed E-state index contributed by atoms with van der Waals surface area (Å²) in [4.78, 5) is 22.8. The van der Waals surface area contributed by atoms with Crippen molar-refractivity contribution in [3.05, 3.63) is 62.6 Å². The molecular weight excluding hydrogens is 520 g/mol. The Morgan fingerprint density at radius 1 is 1.34 bits per heavy atom. The summed E-state index contributed by atoms with van der Waals surface area (Å²) in [7, 11) is -3.93. The van der Waals surface area contributed by atoms with Crippen LogP contribution in [-0.4, -0.2) is 43.9 Å². The molecule has 186 valence electrons. The summed E-state index contributed by atoms with van der Waals surface area (Å²) in [5.41, 5.74) is 6.88. The van der Waals surface area contributed by atoms with Gasteiger partial charge in [-0.1, -0.05) is 29.8 Å². The second kappa shape index (κ2) is 9.33. The first-order valence-corrected chi connectivity index (χ1v) is 13.0. The number of phosphoric acid groups is 1. The standard InChI is InChI=1S/C21H22Cl2N5O6P/c1-10-14(16(29)7-15(10)28-9-25-18-19(28)26-21(24)27-20(18)30)8-33-35(31)32-3-2-17(34-35)11-4-12(22)6-13(23)5-11/h4-6,9,14-17,29H,1-3,7-8H2,(H3,24,26,27,30)/t14-,15-,16-,17+,35-/m0/s1. The lowest BCUT2D eigenvalue weighted by Gasteiger charge is -2.30. The van der Waals surface area contributed by atoms with Crippen molar-refractivity contribution in [3.63, 3.8) is 0 Å². The number of H-pyrrole nitrogens is 1. The molecule has 1 aliphatic heterocycles. The third-order valence-electron chi connectivity index (χ3n) is 6.17. The minimum Gasteiger partial charge on any atom is -0.392 e. The molecule has 2 aromatic heterocycles. The fourth-order valence-corrected chi connectivity index (χ4v) is 6.41.